The van der Waals surface area contributed by atoms with E-state index in [1.54, 1.807) is 0 Å². The monoisotopic (exact) mass is 253 g/mol. The van der Waals surface area contributed by atoms with E-state index in [4.69, 9.17) is 0 Å². The van der Waals surface area contributed by atoms with Gasteiger partial charge in [-0.2, -0.15) is 0 Å². The Bertz CT molecular complexity index is 369. The first-order valence-electron chi connectivity index (χ1n) is 6.47. The molecule has 0 radical (unpaired) electrons. The number of rotatable bonds is 6. The second-order valence-electron chi connectivity index (χ2n) is 5.36. The van der Waals surface area contributed by atoms with Gasteiger partial charge < -0.3 is 10.2 Å². The van der Waals surface area contributed by atoms with Crippen molar-refractivity contribution in [3.63, 3.8) is 0 Å². The maximum absolute atomic E-state index is 4.67. The zero-order chi connectivity index (χ0) is 12.4. The van der Waals surface area contributed by atoms with Crippen LogP contribution >= 0.6 is 11.3 Å². The number of hydrogen-bond acceptors (Lipinski definition) is 4. The van der Waals surface area contributed by atoms with Crippen molar-refractivity contribution in [3.8, 4) is 0 Å². The highest BCUT2D eigenvalue weighted by atomic mass is 32.1. The zero-order valence-corrected chi connectivity index (χ0v) is 12.1. The van der Waals surface area contributed by atoms with Crippen LogP contribution in [0.25, 0.3) is 0 Å². The van der Waals surface area contributed by atoms with Crippen LogP contribution in [0.3, 0.4) is 0 Å². The normalized spacial score (nSPS) is 15.6. The molecular weight excluding hydrogens is 230 g/mol. The van der Waals surface area contributed by atoms with Gasteiger partial charge in [-0.1, -0.05) is 13.8 Å². The Kier molecular flexibility index (Phi) is 4.05. The molecule has 0 bridgehead atoms. The minimum atomic E-state index is 0.532. The standard InChI is InChI=1S/C13H23N3S/c1-9(2)14-7-12-10(3)15-13(17-12)16(4)8-11-5-6-11/h9,11,14H,5-8H2,1-4H3. The lowest BCUT2D eigenvalue weighted by atomic mass is 10.3. The SMILES string of the molecule is Cc1nc(N(C)CC2CC2)sc1CNC(C)C. The van der Waals surface area contributed by atoms with E-state index in [2.05, 4.69) is 43.0 Å². The summed E-state index contributed by atoms with van der Waals surface area (Å²) in [5.74, 6) is 0.918. The molecule has 0 aromatic carbocycles. The summed E-state index contributed by atoms with van der Waals surface area (Å²) in [5.41, 5.74) is 1.18. The maximum Gasteiger partial charge on any atom is 0.185 e. The second kappa shape index (κ2) is 5.36. The van der Waals surface area contributed by atoms with Crippen molar-refractivity contribution in [2.75, 3.05) is 18.5 Å². The summed E-state index contributed by atoms with van der Waals surface area (Å²) >= 11 is 1.83. The van der Waals surface area contributed by atoms with Gasteiger partial charge in [0.25, 0.3) is 0 Å². The first-order valence-corrected chi connectivity index (χ1v) is 7.28. The van der Waals surface area contributed by atoms with Gasteiger partial charge in [0.05, 0.1) is 5.69 Å². The van der Waals surface area contributed by atoms with E-state index in [-0.39, 0.29) is 0 Å². The van der Waals surface area contributed by atoms with Crippen LogP contribution in [0.5, 0.6) is 0 Å². The van der Waals surface area contributed by atoms with E-state index in [1.165, 1.54) is 35.1 Å². The van der Waals surface area contributed by atoms with Crippen molar-refractivity contribution in [1.29, 1.82) is 0 Å². The lowest BCUT2D eigenvalue weighted by Crippen LogP contribution is -2.21. The molecule has 1 aliphatic rings. The molecule has 0 atom stereocenters. The predicted molar refractivity (Wildman–Crippen MR) is 74.8 cm³/mol. The second-order valence-corrected chi connectivity index (χ2v) is 6.43. The number of hydrogen-bond donors (Lipinski definition) is 1. The molecule has 0 saturated heterocycles. The van der Waals surface area contributed by atoms with Crippen molar-refractivity contribution in [3.05, 3.63) is 10.6 Å². The van der Waals surface area contributed by atoms with E-state index in [1.807, 2.05) is 11.3 Å². The van der Waals surface area contributed by atoms with Crippen LogP contribution < -0.4 is 10.2 Å². The molecule has 1 aliphatic carbocycles. The molecule has 0 spiro atoms. The van der Waals surface area contributed by atoms with E-state index in [9.17, 15) is 0 Å². The first-order chi connectivity index (χ1) is 8.06. The highest BCUT2D eigenvalue weighted by molar-refractivity contribution is 7.15. The molecule has 1 heterocycles. The quantitative estimate of drug-likeness (QED) is 0.845. The van der Waals surface area contributed by atoms with Gasteiger partial charge in [0, 0.05) is 31.1 Å². The summed E-state index contributed by atoms with van der Waals surface area (Å²) in [7, 11) is 2.16. The van der Waals surface area contributed by atoms with E-state index < -0.39 is 0 Å². The highest BCUT2D eigenvalue weighted by Crippen LogP contribution is 2.32. The molecule has 1 saturated carbocycles. The van der Waals surface area contributed by atoms with E-state index in [0.717, 1.165) is 12.5 Å². The molecule has 96 valence electrons. The van der Waals surface area contributed by atoms with Crippen molar-refractivity contribution in [1.82, 2.24) is 10.3 Å². The Morgan fingerprint density at radius 2 is 2.18 bits per heavy atom. The fourth-order valence-corrected chi connectivity index (χ4v) is 2.78. The van der Waals surface area contributed by atoms with Crippen LogP contribution in [0.4, 0.5) is 5.13 Å². The van der Waals surface area contributed by atoms with Crippen LogP contribution in [0.2, 0.25) is 0 Å². The summed E-state index contributed by atoms with van der Waals surface area (Å²) in [5, 5.41) is 4.64. The van der Waals surface area contributed by atoms with Gasteiger partial charge in [0.15, 0.2) is 5.13 Å². The van der Waals surface area contributed by atoms with Gasteiger partial charge in [-0.15, -0.1) is 11.3 Å². The third-order valence-corrected chi connectivity index (χ3v) is 4.38. The molecule has 1 fully saturated rings. The van der Waals surface area contributed by atoms with E-state index >= 15 is 0 Å². The summed E-state index contributed by atoms with van der Waals surface area (Å²) < 4.78 is 0. The lowest BCUT2D eigenvalue weighted by Gasteiger charge is -2.14. The molecule has 2 rings (SSSR count). The third kappa shape index (κ3) is 3.68. The Balaban J connectivity index is 1.96. The van der Waals surface area contributed by atoms with Gasteiger partial charge in [0.2, 0.25) is 0 Å². The number of anilines is 1. The van der Waals surface area contributed by atoms with Gasteiger partial charge >= 0.3 is 0 Å². The van der Waals surface area contributed by atoms with E-state index in [0.29, 0.717) is 6.04 Å². The van der Waals surface area contributed by atoms with Crippen LogP contribution in [0, 0.1) is 12.8 Å². The smallest absolute Gasteiger partial charge is 0.185 e. The summed E-state index contributed by atoms with van der Waals surface area (Å²) in [6.45, 7) is 8.58. The predicted octanol–water partition coefficient (Wildman–Crippen LogP) is 2.80. The molecule has 1 N–H and O–H groups in total. The summed E-state index contributed by atoms with van der Waals surface area (Å²) in [4.78, 5) is 8.36. The number of thiazole rings is 1. The Labute approximate surface area is 108 Å². The molecule has 1 aromatic heterocycles. The van der Waals surface area contributed by atoms with Gasteiger partial charge in [0.1, 0.15) is 0 Å². The maximum atomic E-state index is 4.67. The molecule has 0 aliphatic heterocycles. The minimum absolute atomic E-state index is 0.532. The minimum Gasteiger partial charge on any atom is -0.351 e. The first kappa shape index (κ1) is 12.8. The Morgan fingerprint density at radius 3 is 2.76 bits per heavy atom. The summed E-state index contributed by atoms with van der Waals surface area (Å²) in [6.07, 6.45) is 2.80. The van der Waals surface area contributed by atoms with Crippen LogP contribution in [-0.2, 0) is 6.54 Å². The average molecular weight is 253 g/mol. The van der Waals surface area contributed by atoms with Crippen molar-refractivity contribution in [2.45, 2.75) is 46.2 Å². The molecule has 0 unspecified atom stereocenters. The lowest BCUT2D eigenvalue weighted by molar-refractivity contribution is 0.591. The zero-order valence-electron chi connectivity index (χ0n) is 11.3. The number of aromatic nitrogens is 1. The molecule has 3 nitrogen and oxygen atoms in total. The van der Waals surface area contributed by atoms with Gasteiger partial charge in [-0.25, -0.2) is 4.98 Å². The molecule has 4 heteroatoms. The molecule has 0 amide bonds. The Hall–Kier alpha value is -0.610. The summed E-state index contributed by atoms with van der Waals surface area (Å²) in [6, 6.07) is 0.532. The highest BCUT2D eigenvalue weighted by Gasteiger charge is 2.24. The van der Waals surface area contributed by atoms with Crippen molar-refractivity contribution in [2.24, 2.45) is 5.92 Å². The number of nitrogens with one attached hydrogen (secondary N) is 1. The molecular formula is C13H23N3S. The number of aryl methyl sites for hydroxylation is 1. The average Bonchev–Trinajstić information content (AvgIpc) is 2.98. The fraction of sp³-hybridized carbons (Fsp3) is 0.769. The fourth-order valence-electron chi connectivity index (χ4n) is 1.80. The molecule has 1 aromatic rings. The largest absolute Gasteiger partial charge is 0.351 e. The van der Waals surface area contributed by atoms with Gasteiger partial charge in [-0.05, 0) is 25.7 Å². The van der Waals surface area contributed by atoms with Crippen LogP contribution in [0.15, 0.2) is 0 Å². The van der Waals surface area contributed by atoms with Crippen LogP contribution in [-0.4, -0.2) is 24.6 Å². The third-order valence-electron chi connectivity index (χ3n) is 3.11. The Morgan fingerprint density at radius 1 is 1.47 bits per heavy atom. The molecule has 17 heavy (non-hydrogen) atoms. The van der Waals surface area contributed by atoms with Crippen LogP contribution in [0.1, 0.15) is 37.3 Å². The van der Waals surface area contributed by atoms with Crippen molar-refractivity contribution < 1.29 is 0 Å². The van der Waals surface area contributed by atoms with Crippen molar-refractivity contribution >= 4 is 16.5 Å². The number of nitrogens with zero attached hydrogens (tertiary/aromatic N) is 2. The topological polar surface area (TPSA) is 28.2 Å². The van der Waals surface area contributed by atoms with Gasteiger partial charge in [-0.3, -0.25) is 0 Å².